The van der Waals surface area contributed by atoms with E-state index in [1.807, 2.05) is 24.4 Å². The van der Waals surface area contributed by atoms with E-state index < -0.39 is 0 Å². The summed E-state index contributed by atoms with van der Waals surface area (Å²) in [7, 11) is 4.21. The molecule has 0 radical (unpaired) electrons. The molecule has 3 heterocycles. The van der Waals surface area contributed by atoms with Crippen LogP contribution in [0.2, 0.25) is 0 Å². The van der Waals surface area contributed by atoms with E-state index in [9.17, 15) is 0 Å². The molecule has 5 rings (SSSR count). The van der Waals surface area contributed by atoms with Crippen LogP contribution in [0.1, 0.15) is 23.1 Å². The highest BCUT2D eigenvalue weighted by atomic mass is 15.3. The number of nitrogens with one attached hydrogen (secondary N) is 1. The highest BCUT2D eigenvalue weighted by Crippen LogP contribution is 2.35. The maximum absolute atomic E-state index is 5.24. The van der Waals surface area contributed by atoms with Crippen LogP contribution in [0.25, 0.3) is 11.3 Å². The zero-order valence-electron chi connectivity index (χ0n) is 20.5. The molecule has 178 valence electrons. The number of benzene rings is 2. The number of rotatable bonds is 8. The van der Waals surface area contributed by atoms with Crippen molar-refractivity contribution in [2.75, 3.05) is 37.4 Å². The Labute approximate surface area is 207 Å². The molecule has 0 atom stereocenters. The van der Waals surface area contributed by atoms with Crippen LogP contribution >= 0.6 is 0 Å². The van der Waals surface area contributed by atoms with Crippen molar-refractivity contribution >= 4 is 17.6 Å². The summed E-state index contributed by atoms with van der Waals surface area (Å²) in [6, 6.07) is 25.3. The number of hydrogen-bond acceptors (Lipinski definition) is 6. The second-order valence-corrected chi connectivity index (χ2v) is 9.24. The molecule has 1 aliphatic rings. The van der Waals surface area contributed by atoms with E-state index in [1.165, 1.54) is 16.7 Å². The van der Waals surface area contributed by atoms with Crippen LogP contribution in [0.15, 0.2) is 79.0 Å². The lowest BCUT2D eigenvalue weighted by molar-refractivity contribution is 0.402. The highest BCUT2D eigenvalue weighted by molar-refractivity contribution is 5.71. The molecule has 6 nitrogen and oxygen atoms in total. The lowest BCUT2D eigenvalue weighted by atomic mass is 9.98. The first-order valence-electron chi connectivity index (χ1n) is 12.3. The Bertz CT molecular complexity index is 1260. The third kappa shape index (κ3) is 5.49. The molecule has 1 N–H and O–H groups in total. The van der Waals surface area contributed by atoms with E-state index >= 15 is 0 Å². The summed E-state index contributed by atoms with van der Waals surface area (Å²) in [5, 5.41) is 3.39. The molecule has 0 aliphatic carbocycles. The number of anilines is 3. The summed E-state index contributed by atoms with van der Waals surface area (Å²) in [5.41, 5.74) is 6.02. The number of nitrogens with zero attached hydrogens (tertiary/aromatic N) is 5. The number of aryl methyl sites for hydroxylation is 1. The molecule has 6 heteroatoms. The monoisotopic (exact) mass is 464 g/mol. The zero-order chi connectivity index (χ0) is 24.0. The Hall–Kier alpha value is -3.77. The fraction of sp³-hybridized carbons (Fsp3) is 0.276. The van der Waals surface area contributed by atoms with Crippen molar-refractivity contribution in [3.8, 4) is 11.3 Å². The van der Waals surface area contributed by atoms with Gasteiger partial charge in [0, 0.05) is 31.4 Å². The zero-order valence-corrected chi connectivity index (χ0v) is 20.5. The van der Waals surface area contributed by atoms with Crippen molar-refractivity contribution in [1.82, 2.24) is 19.9 Å². The van der Waals surface area contributed by atoms with Gasteiger partial charge in [-0.25, -0.2) is 9.97 Å². The molecule has 0 unspecified atom stereocenters. The van der Waals surface area contributed by atoms with Crippen molar-refractivity contribution in [2.45, 2.75) is 25.8 Å². The van der Waals surface area contributed by atoms with Gasteiger partial charge in [0.2, 0.25) is 5.95 Å². The predicted octanol–water partition coefficient (Wildman–Crippen LogP) is 5.34. The van der Waals surface area contributed by atoms with Gasteiger partial charge in [-0.3, -0.25) is 0 Å². The second-order valence-electron chi connectivity index (χ2n) is 9.24. The molecule has 0 bridgehead atoms. The minimum atomic E-state index is 0.651. The Morgan fingerprint density at radius 3 is 2.49 bits per heavy atom. The molecule has 0 fully saturated rings. The topological polar surface area (TPSA) is 57.2 Å². The number of aromatic nitrogens is 3. The number of pyridine rings is 1. The van der Waals surface area contributed by atoms with Crippen LogP contribution in [-0.4, -0.2) is 47.0 Å². The van der Waals surface area contributed by atoms with E-state index in [2.05, 4.69) is 88.8 Å². The molecule has 0 saturated heterocycles. The maximum Gasteiger partial charge on any atom is 0.224 e. The molecule has 4 aromatic rings. The van der Waals surface area contributed by atoms with Crippen molar-refractivity contribution in [1.29, 1.82) is 0 Å². The Kier molecular flexibility index (Phi) is 7.00. The van der Waals surface area contributed by atoms with Gasteiger partial charge in [0.25, 0.3) is 0 Å². The quantitative estimate of drug-likeness (QED) is 0.380. The van der Waals surface area contributed by atoms with Crippen LogP contribution in [0.4, 0.5) is 17.6 Å². The van der Waals surface area contributed by atoms with Crippen LogP contribution in [0.3, 0.4) is 0 Å². The lowest BCUT2D eigenvalue weighted by Gasteiger charge is -2.31. The molecule has 0 spiro atoms. The summed E-state index contributed by atoms with van der Waals surface area (Å²) in [6.45, 7) is 2.53. The minimum absolute atomic E-state index is 0.651. The highest BCUT2D eigenvalue weighted by Gasteiger charge is 2.24. The van der Waals surface area contributed by atoms with Crippen molar-refractivity contribution in [3.63, 3.8) is 0 Å². The lowest BCUT2D eigenvalue weighted by Crippen LogP contribution is -2.27. The van der Waals surface area contributed by atoms with Crippen LogP contribution in [-0.2, 0) is 19.4 Å². The van der Waals surface area contributed by atoms with Crippen molar-refractivity contribution in [3.05, 3.63) is 95.7 Å². The van der Waals surface area contributed by atoms with E-state index in [-0.39, 0.29) is 0 Å². The van der Waals surface area contributed by atoms with E-state index in [4.69, 9.17) is 9.97 Å². The molecule has 2 aromatic heterocycles. The van der Waals surface area contributed by atoms with Gasteiger partial charge >= 0.3 is 0 Å². The first-order valence-corrected chi connectivity index (χ1v) is 12.3. The molecule has 0 amide bonds. The average Bonchev–Trinajstić information content (AvgIpc) is 2.89. The smallest absolute Gasteiger partial charge is 0.224 e. The minimum Gasteiger partial charge on any atom is -0.354 e. The summed E-state index contributed by atoms with van der Waals surface area (Å²) < 4.78 is 0. The van der Waals surface area contributed by atoms with Crippen LogP contribution in [0.5, 0.6) is 0 Å². The number of hydrogen-bond donors (Lipinski definition) is 1. The molecular weight excluding hydrogens is 432 g/mol. The molecule has 0 saturated carbocycles. The second kappa shape index (κ2) is 10.7. The van der Waals surface area contributed by atoms with Gasteiger partial charge < -0.3 is 15.1 Å². The standard InChI is InChI=1S/C29H32N6/c1-34(2)21-25-20-24-14-9-19-35(28(24)33-27(25)23-12-7-4-8-13-23)26-16-18-31-29(32-26)30-17-15-22-10-5-3-6-11-22/h3-8,10-13,16,18,20H,9,14-15,17,19,21H2,1-2H3,(H,30,31,32). The molecule has 35 heavy (non-hydrogen) atoms. The van der Waals surface area contributed by atoms with Gasteiger partial charge in [-0.05, 0) is 62.2 Å². The van der Waals surface area contributed by atoms with Gasteiger partial charge in [0.05, 0.1) is 5.69 Å². The fourth-order valence-electron chi connectivity index (χ4n) is 4.62. The molecule has 2 aromatic carbocycles. The normalized spacial score (nSPS) is 13.1. The van der Waals surface area contributed by atoms with E-state index in [0.717, 1.165) is 61.8 Å². The third-order valence-electron chi connectivity index (χ3n) is 6.23. The number of fused-ring (bicyclic) bond motifs is 1. The van der Waals surface area contributed by atoms with Crippen molar-refractivity contribution in [2.24, 2.45) is 0 Å². The van der Waals surface area contributed by atoms with Crippen molar-refractivity contribution < 1.29 is 0 Å². The maximum atomic E-state index is 5.24. The summed E-state index contributed by atoms with van der Waals surface area (Å²) in [4.78, 5) is 19.0. The van der Waals surface area contributed by atoms with Gasteiger partial charge in [-0.2, -0.15) is 4.98 Å². The van der Waals surface area contributed by atoms with E-state index in [0.29, 0.717) is 5.95 Å². The molecule has 1 aliphatic heterocycles. The van der Waals surface area contributed by atoms with E-state index in [1.54, 1.807) is 0 Å². The Balaban J connectivity index is 1.43. The molecular formula is C29H32N6. The van der Waals surface area contributed by atoms with Crippen LogP contribution in [0, 0.1) is 0 Å². The fourth-order valence-corrected chi connectivity index (χ4v) is 4.62. The summed E-state index contributed by atoms with van der Waals surface area (Å²) in [6.07, 6.45) is 4.86. The largest absolute Gasteiger partial charge is 0.354 e. The van der Waals surface area contributed by atoms with Gasteiger partial charge in [0.15, 0.2) is 0 Å². The Morgan fingerprint density at radius 2 is 1.71 bits per heavy atom. The predicted molar refractivity (Wildman–Crippen MR) is 143 cm³/mol. The summed E-state index contributed by atoms with van der Waals surface area (Å²) in [5.74, 6) is 2.54. The average molecular weight is 465 g/mol. The third-order valence-corrected chi connectivity index (χ3v) is 6.23. The summed E-state index contributed by atoms with van der Waals surface area (Å²) >= 11 is 0. The SMILES string of the molecule is CN(C)Cc1cc2c(nc1-c1ccccc1)N(c1ccnc(NCCc3ccccc3)n1)CCC2. The van der Waals surface area contributed by atoms with Gasteiger partial charge in [-0.15, -0.1) is 0 Å². The first kappa shape index (κ1) is 23.0. The van der Waals surface area contributed by atoms with Gasteiger partial charge in [-0.1, -0.05) is 60.7 Å². The van der Waals surface area contributed by atoms with Crippen LogP contribution < -0.4 is 10.2 Å². The first-order chi connectivity index (χ1) is 17.2. The van der Waals surface area contributed by atoms with Gasteiger partial charge in [0.1, 0.15) is 11.6 Å². The Morgan fingerprint density at radius 1 is 0.943 bits per heavy atom.